The first-order valence-electron chi connectivity index (χ1n) is 10.8. The molecular weight excluding hydrogens is 469 g/mol. The molecule has 5 rings (SSSR count). The van der Waals surface area contributed by atoms with E-state index in [0.717, 1.165) is 25.3 Å². The first-order chi connectivity index (χ1) is 16.3. The second-order valence-corrected chi connectivity index (χ2v) is 8.81. The van der Waals surface area contributed by atoms with Gasteiger partial charge in [-0.1, -0.05) is 11.6 Å². The molecule has 0 unspecified atom stereocenters. The largest absolute Gasteiger partial charge is 0.433 e. The Morgan fingerprint density at radius 3 is 2.79 bits per heavy atom. The van der Waals surface area contributed by atoms with Gasteiger partial charge in [0.1, 0.15) is 5.69 Å². The molecule has 1 amide bonds. The Morgan fingerprint density at radius 1 is 1.15 bits per heavy atom. The van der Waals surface area contributed by atoms with Gasteiger partial charge < -0.3 is 10.6 Å². The second-order valence-electron chi connectivity index (χ2n) is 8.37. The van der Waals surface area contributed by atoms with Crippen molar-refractivity contribution in [3.8, 4) is 0 Å². The monoisotopic (exact) mass is 488 g/mol. The second kappa shape index (κ2) is 8.75. The number of anilines is 1. The normalized spacial score (nSPS) is 18.8. The van der Waals surface area contributed by atoms with Crippen LogP contribution in [0.15, 0.2) is 49.1 Å². The molecule has 34 heavy (non-hydrogen) atoms. The van der Waals surface area contributed by atoms with Crippen molar-refractivity contribution in [3.63, 3.8) is 0 Å². The zero-order valence-corrected chi connectivity index (χ0v) is 18.6. The van der Waals surface area contributed by atoms with Crippen LogP contribution in [0.5, 0.6) is 0 Å². The van der Waals surface area contributed by atoms with E-state index < -0.39 is 11.9 Å². The van der Waals surface area contributed by atoms with E-state index in [9.17, 15) is 18.0 Å². The quantitative estimate of drug-likeness (QED) is 0.417. The lowest BCUT2D eigenvalue weighted by Crippen LogP contribution is -2.42. The van der Waals surface area contributed by atoms with Crippen molar-refractivity contribution in [3.05, 3.63) is 65.3 Å². The summed E-state index contributed by atoms with van der Waals surface area (Å²) in [4.78, 5) is 24.7. The molecular formula is C23H20ClF3N6O. The van der Waals surface area contributed by atoms with E-state index in [1.54, 1.807) is 29.1 Å². The number of imidazole rings is 1. The van der Waals surface area contributed by atoms with Crippen LogP contribution in [0.25, 0.3) is 16.7 Å². The number of hydrogen-bond acceptors (Lipinski definition) is 5. The van der Waals surface area contributed by atoms with Crippen molar-refractivity contribution in [2.24, 2.45) is 0 Å². The van der Waals surface area contributed by atoms with Crippen LogP contribution in [0, 0.1) is 0 Å². The summed E-state index contributed by atoms with van der Waals surface area (Å²) >= 11 is 6.09. The fraction of sp³-hybridized carbons (Fsp3) is 0.304. The van der Waals surface area contributed by atoms with E-state index in [2.05, 4.69) is 25.6 Å². The van der Waals surface area contributed by atoms with Gasteiger partial charge in [-0.3, -0.25) is 9.20 Å². The van der Waals surface area contributed by atoms with Crippen LogP contribution in [0.3, 0.4) is 0 Å². The molecule has 0 spiro atoms. The first kappa shape index (κ1) is 22.4. The number of aromatic nitrogens is 4. The van der Waals surface area contributed by atoms with Crippen LogP contribution in [0.1, 0.15) is 41.7 Å². The molecule has 2 N–H and O–H groups in total. The van der Waals surface area contributed by atoms with Gasteiger partial charge in [-0.25, -0.2) is 15.0 Å². The molecule has 3 aromatic heterocycles. The van der Waals surface area contributed by atoms with Gasteiger partial charge in [0.2, 0.25) is 5.78 Å². The van der Waals surface area contributed by atoms with Crippen molar-refractivity contribution in [2.75, 3.05) is 5.32 Å². The number of pyridine rings is 1. The molecule has 0 saturated heterocycles. The highest BCUT2D eigenvalue weighted by Gasteiger charge is 2.34. The highest BCUT2D eigenvalue weighted by atomic mass is 35.5. The van der Waals surface area contributed by atoms with Crippen LogP contribution >= 0.6 is 11.6 Å². The van der Waals surface area contributed by atoms with Crippen molar-refractivity contribution in [1.29, 1.82) is 0 Å². The van der Waals surface area contributed by atoms with Gasteiger partial charge in [0.05, 0.1) is 11.1 Å². The molecule has 176 valence electrons. The Hall–Kier alpha value is -3.40. The summed E-state index contributed by atoms with van der Waals surface area (Å²) in [6.45, 7) is 0. The zero-order chi connectivity index (χ0) is 23.9. The molecule has 4 aromatic rings. The summed E-state index contributed by atoms with van der Waals surface area (Å²) in [6, 6.07) is 5.37. The molecule has 1 saturated carbocycles. The zero-order valence-electron chi connectivity index (χ0n) is 17.8. The maximum Gasteiger partial charge on any atom is 0.433 e. The molecule has 1 aliphatic rings. The van der Waals surface area contributed by atoms with E-state index in [0.29, 0.717) is 33.9 Å². The summed E-state index contributed by atoms with van der Waals surface area (Å²) in [5, 5.41) is 7.21. The number of benzene rings is 1. The average molecular weight is 489 g/mol. The van der Waals surface area contributed by atoms with Crippen LogP contribution in [-0.2, 0) is 6.18 Å². The Labute approximate surface area is 197 Å². The number of nitrogens with zero attached hydrogens (tertiary/aromatic N) is 4. The minimum Gasteiger partial charge on any atom is -0.382 e. The first-order valence-corrected chi connectivity index (χ1v) is 11.2. The lowest BCUT2D eigenvalue weighted by atomic mass is 9.90. The van der Waals surface area contributed by atoms with E-state index in [-0.39, 0.29) is 23.5 Å². The molecule has 0 radical (unpaired) electrons. The van der Waals surface area contributed by atoms with Crippen LogP contribution in [0.4, 0.5) is 18.9 Å². The lowest BCUT2D eigenvalue weighted by molar-refractivity contribution is -0.140. The van der Waals surface area contributed by atoms with Crippen molar-refractivity contribution < 1.29 is 18.0 Å². The SMILES string of the molecule is O=C(N[C@@H]1CCC[C@H](Nc2cc(C(F)(F)F)nc3ccc(Cl)cc23)C1)c1cnc2nccn2c1. The lowest BCUT2D eigenvalue weighted by Gasteiger charge is -2.31. The maximum atomic E-state index is 13.4. The number of halogens is 4. The average Bonchev–Trinajstić information content (AvgIpc) is 3.27. The van der Waals surface area contributed by atoms with Crippen LogP contribution in [-0.4, -0.2) is 37.3 Å². The molecule has 1 aromatic carbocycles. The standard InChI is InChI=1S/C23H20ClF3N6O/c24-14-4-5-18-17(8-14)19(10-20(32-18)23(25,26)27)30-15-2-1-3-16(9-15)31-21(34)13-11-29-22-28-6-7-33(22)12-13/h4-8,10-12,15-16H,1-3,9H2,(H,30,32)(H,31,34)/t15-,16+/m0/s1. The number of alkyl halides is 3. The van der Waals surface area contributed by atoms with E-state index >= 15 is 0 Å². The molecule has 3 heterocycles. The van der Waals surface area contributed by atoms with Gasteiger partial charge in [-0.05, 0) is 49.9 Å². The predicted octanol–water partition coefficient (Wildman–Crippen LogP) is 5.10. The number of hydrogen-bond donors (Lipinski definition) is 2. The van der Waals surface area contributed by atoms with Crippen LogP contribution < -0.4 is 10.6 Å². The fourth-order valence-corrected chi connectivity index (χ4v) is 4.51. The Bertz CT molecular complexity index is 1370. The van der Waals surface area contributed by atoms with Gasteiger partial charge in [0.25, 0.3) is 5.91 Å². The number of amides is 1. The summed E-state index contributed by atoms with van der Waals surface area (Å²) in [5.41, 5.74) is -0.0191. The summed E-state index contributed by atoms with van der Waals surface area (Å²) in [6.07, 6.45) is 4.80. The third kappa shape index (κ3) is 4.63. The smallest absolute Gasteiger partial charge is 0.382 e. The van der Waals surface area contributed by atoms with Gasteiger partial charge >= 0.3 is 6.18 Å². The molecule has 11 heteroatoms. The molecule has 0 aliphatic heterocycles. The van der Waals surface area contributed by atoms with E-state index in [1.165, 1.54) is 18.3 Å². The number of rotatable bonds is 4. The maximum absolute atomic E-state index is 13.4. The molecule has 7 nitrogen and oxygen atoms in total. The Morgan fingerprint density at radius 2 is 1.97 bits per heavy atom. The van der Waals surface area contributed by atoms with Gasteiger partial charge in [-0.2, -0.15) is 13.2 Å². The number of carbonyl (C=O) groups is 1. The molecule has 2 atom stereocenters. The number of nitrogens with one attached hydrogen (secondary N) is 2. The third-order valence-electron chi connectivity index (χ3n) is 5.94. The highest BCUT2D eigenvalue weighted by Crippen LogP contribution is 2.35. The summed E-state index contributed by atoms with van der Waals surface area (Å²) < 4.78 is 41.9. The Balaban J connectivity index is 1.34. The van der Waals surface area contributed by atoms with Gasteiger partial charge in [-0.15, -0.1) is 0 Å². The highest BCUT2D eigenvalue weighted by molar-refractivity contribution is 6.31. The predicted molar refractivity (Wildman–Crippen MR) is 122 cm³/mol. The van der Waals surface area contributed by atoms with E-state index in [1.807, 2.05) is 0 Å². The fourth-order valence-electron chi connectivity index (χ4n) is 4.34. The minimum absolute atomic E-state index is 0.126. The summed E-state index contributed by atoms with van der Waals surface area (Å²) in [7, 11) is 0. The van der Waals surface area contributed by atoms with Gasteiger partial charge in [0.15, 0.2) is 0 Å². The number of fused-ring (bicyclic) bond motifs is 2. The summed E-state index contributed by atoms with van der Waals surface area (Å²) in [5.74, 6) is 0.246. The molecule has 1 aliphatic carbocycles. The third-order valence-corrected chi connectivity index (χ3v) is 6.17. The topological polar surface area (TPSA) is 84.2 Å². The number of carbonyl (C=O) groups excluding carboxylic acids is 1. The molecule has 0 bridgehead atoms. The molecule has 1 fully saturated rings. The van der Waals surface area contributed by atoms with Crippen molar-refractivity contribution in [1.82, 2.24) is 24.7 Å². The van der Waals surface area contributed by atoms with Gasteiger partial charge in [0, 0.05) is 53.0 Å². The van der Waals surface area contributed by atoms with Crippen molar-refractivity contribution >= 4 is 39.9 Å². The minimum atomic E-state index is -4.57. The van der Waals surface area contributed by atoms with Crippen LogP contribution in [0.2, 0.25) is 5.02 Å². The van der Waals surface area contributed by atoms with Crippen molar-refractivity contribution in [2.45, 2.75) is 43.9 Å². The Kier molecular flexibility index (Phi) is 5.76. The van der Waals surface area contributed by atoms with E-state index in [4.69, 9.17) is 11.6 Å².